The van der Waals surface area contributed by atoms with Gasteiger partial charge in [-0.15, -0.1) is 0 Å². The molecule has 0 saturated heterocycles. The molecule has 0 heterocycles. The topological polar surface area (TPSA) is 119 Å². The van der Waals surface area contributed by atoms with Gasteiger partial charge in [0.2, 0.25) is 0 Å². The molecule has 0 unspecified atom stereocenters. The summed E-state index contributed by atoms with van der Waals surface area (Å²) in [6.07, 6.45) is 1.50. The van der Waals surface area contributed by atoms with Crippen LogP contribution >= 0.6 is 0 Å². The molecule has 0 aliphatic rings. The number of rotatable bonds is 15. The maximum atomic E-state index is 11.8. The molecule has 222 valence electrons. The number of carbonyl (C=O) groups excluding carboxylic acids is 2. The lowest BCUT2D eigenvalue weighted by molar-refractivity contribution is 0.0591. The van der Waals surface area contributed by atoms with E-state index in [1.165, 1.54) is 32.4 Å². The van der Waals surface area contributed by atoms with Gasteiger partial charge in [0, 0.05) is 52.4 Å². The Bertz CT molecular complexity index is 1200. The fraction of sp³-hybridized carbons (Fsp3) is 0.355. The van der Waals surface area contributed by atoms with E-state index in [0.717, 1.165) is 18.4 Å². The van der Waals surface area contributed by atoms with Crippen molar-refractivity contribution in [3.63, 3.8) is 0 Å². The number of hydrogen-bond acceptors (Lipinski definition) is 10. The molecule has 0 spiro atoms. The first kappa shape index (κ1) is 32.9. The van der Waals surface area contributed by atoms with Crippen LogP contribution in [0.2, 0.25) is 0 Å². The Morgan fingerprint density at radius 3 is 1.61 bits per heavy atom. The third kappa shape index (κ3) is 12.6. The first-order chi connectivity index (χ1) is 19.9. The molecule has 0 fully saturated rings. The Hall–Kier alpha value is -4.28. The van der Waals surface area contributed by atoms with Gasteiger partial charge in [-0.3, -0.25) is 0 Å². The van der Waals surface area contributed by atoms with Gasteiger partial charge in [0.25, 0.3) is 0 Å². The van der Waals surface area contributed by atoms with Gasteiger partial charge >= 0.3 is 11.9 Å². The van der Waals surface area contributed by atoms with E-state index in [4.69, 9.17) is 28.4 Å². The van der Waals surface area contributed by atoms with Gasteiger partial charge in [0.15, 0.2) is 0 Å². The van der Waals surface area contributed by atoms with Crippen molar-refractivity contribution in [3.05, 3.63) is 83.4 Å². The Kier molecular flexibility index (Phi) is 15.2. The van der Waals surface area contributed by atoms with Crippen LogP contribution in [0.3, 0.4) is 0 Å². The SMILES string of the molecule is COCCCOc1cc(O)cc(C(=O)OC)c1.COCCCOc1cc(OCc2ccccc2)cc(C(=O)OC)c1. The molecule has 0 saturated carbocycles. The van der Waals surface area contributed by atoms with Gasteiger partial charge in [0.1, 0.15) is 29.6 Å². The van der Waals surface area contributed by atoms with E-state index in [1.807, 2.05) is 30.3 Å². The molecule has 0 amide bonds. The molecule has 0 atom stereocenters. The summed E-state index contributed by atoms with van der Waals surface area (Å²) in [6.45, 7) is 2.58. The standard InChI is InChI=1S/C19H22O5.C12H16O5/c1-21-9-6-10-23-17-11-16(19(20)22-2)12-18(13-17)24-14-15-7-4-3-5-8-15;1-15-4-3-5-17-11-7-9(12(14)16-2)6-10(13)8-11/h3-5,7-8,11-13H,6,9-10,14H2,1-2H3;6-8,13H,3-5H2,1-2H3. The number of methoxy groups -OCH3 is 4. The Morgan fingerprint density at radius 1 is 0.610 bits per heavy atom. The smallest absolute Gasteiger partial charge is 0.338 e. The number of phenolic OH excluding ortho intramolecular Hbond substituents is 1. The summed E-state index contributed by atoms with van der Waals surface area (Å²) in [5.74, 6) is 0.584. The molecule has 0 bridgehead atoms. The van der Waals surface area contributed by atoms with Gasteiger partial charge in [-0.2, -0.15) is 0 Å². The van der Waals surface area contributed by atoms with Crippen molar-refractivity contribution in [1.82, 2.24) is 0 Å². The zero-order valence-corrected chi connectivity index (χ0v) is 23.9. The predicted octanol–water partition coefficient (Wildman–Crippen LogP) is 5.06. The summed E-state index contributed by atoms with van der Waals surface area (Å²) < 4.78 is 36.0. The van der Waals surface area contributed by atoms with Gasteiger partial charge in [-0.25, -0.2) is 9.59 Å². The van der Waals surface area contributed by atoms with Crippen LogP contribution in [-0.4, -0.2) is 71.9 Å². The summed E-state index contributed by atoms with van der Waals surface area (Å²) in [4.78, 5) is 23.1. The third-order valence-corrected chi connectivity index (χ3v) is 5.38. The average Bonchev–Trinajstić information content (AvgIpc) is 3.00. The number of aromatic hydroxyl groups is 1. The Labute approximate surface area is 240 Å². The van der Waals surface area contributed by atoms with Crippen molar-refractivity contribution in [1.29, 1.82) is 0 Å². The lowest BCUT2D eigenvalue weighted by Crippen LogP contribution is -2.05. The van der Waals surface area contributed by atoms with E-state index < -0.39 is 11.9 Å². The molecule has 10 nitrogen and oxygen atoms in total. The normalized spacial score (nSPS) is 10.1. The first-order valence-corrected chi connectivity index (χ1v) is 13.0. The van der Waals surface area contributed by atoms with Gasteiger partial charge in [0.05, 0.1) is 38.6 Å². The Balaban J connectivity index is 0.000000305. The highest BCUT2D eigenvalue weighted by Gasteiger charge is 2.11. The van der Waals surface area contributed by atoms with Crippen molar-refractivity contribution >= 4 is 11.9 Å². The highest BCUT2D eigenvalue weighted by atomic mass is 16.5. The molecule has 0 aromatic heterocycles. The van der Waals surface area contributed by atoms with E-state index in [2.05, 4.69) is 4.74 Å². The lowest BCUT2D eigenvalue weighted by Gasteiger charge is -2.12. The quantitative estimate of drug-likeness (QED) is 0.196. The number of ether oxygens (including phenoxy) is 7. The maximum absolute atomic E-state index is 11.8. The van der Waals surface area contributed by atoms with Crippen molar-refractivity contribution in [2.75, 3.05) is 54.9 Å². The second kappa shape index (κ2) is 18.9. The molecule has 41 heavy (non-hydrogen) atoms. The molecule has 3 aromatic rings. The minimum Gasteiger partial charge on any atom is -0.508 e. The van der Waals surface area contributed by atoms with Crippen LogP contribution in [0.15, 0.2) is 66.7 Å². The monoisotopic (exact) mass is 570 g/mol. The number of esters is 2. The second-order valence-electron chi connectivity index (χ2n) is 8.56. The summed E-state index contributed by atoms with van der Waals surface area (Å²) in [6, 6.07) is 19.2. The zero-order valence-electron chi connectivity index (χ0n) is 23.9. The maximum Gasteiger partial charge on any atom is 0.338 e. The van der Waals surface area contributed by atoms with Crippen molar-refractivity contribution in [3.8, 4) is 23.0 Å². The molecule has 10 heteroatoms. The highest BCUT2D eigenvalue weighted by molar-refractivity contribution is 5.90. The van der Waals surface area contributed by atoms with E-state index >= 15 is 0 Å². The Morgan fingerprint density at radius 2 is 1.10 bits per heavy atom. The fourth-order valence-electron chi connectivity index (χ4n) is 3.40. The van der Waals surface area contributed by atoms with E-state index in [0.29, 0.717) is 55.8 Å². The third-order valence-electron chi connectivity index (χ3n) is 5.38. The van der Waals surface area contributed by atoms with Gasteiger partial charge in [-0.1, -0.05) is 30.3 Å². The van der Waals surface area contributed by atoms with Crippen LogP contribution in [0.5, 0.6) is 23.0 Å². The fourth-order valence-corrected chi connectivity index (χ4v) is 3.40. The van der Waals surface area contributed by atoms with Crippen LogP contribution < -0.4 is 14.2 Å². The number of phenols is 1. The molecule has 0 aliphatic carbocycles. The number of hydrogen-bond donors (Lipinski definition) is 1. The largest absolute Gasteiger partial charge is 0.508 e. The van der Waals surface area contributed by atoms with E-state index in [1.54, 1.807) is 32.4 Å². The highest BCUT2D eigenvalue weighted by Crippen LogP contribution is 2.25. The molecular weight excluding hydrogens is 532 g/mol. The van der Waals surface area contributed by atoms with Crippen molar-refractivity contribution < 1.29 is 47.9 Å². The van der Waals surface area contributed by atoms with Crippen molar-refractivity contribution in [2.24, 2.45) is 0 Å². The van der Waals surface area contributed by atoms with Crippen molar-refractivity contribution in [2.45, 2.75) is 19.4 Å². The summed E-state index contributed by atoms with van der Waals surface area (Å²) in [7, 11) is 5.89. The molecule has 3 aromatic carbocycles. The molecular formula is C31H38O10. The predicted molar refractivity (Wildman–Crippen MR) is 152 cm³/mol. The van der Waals surface area contributed by atoms with Crippen LogP contribution in [0.4, 0.5) is 0 Å². The molecule has 3 rings (SSSR count). The lowest BCUT2D eigenvalue weighted by atomic mass is 10.2. The van der Waals surface area contributed by atoms with Crippen LogP contribution in [0.25, 0.3) is 0 Å². The minimum absolute atomic E-state index is 0.0327. The first-order valence-electron chi connectivity index (χ1n) is 13.0. The summed E-state index contributed by atoms with van der Waals surface area (Å²) in [5, 5.41) is 9.43. The van der Waals surface area contributed by atoms with E-state index in [-0.39, 0.29) is 11.3 Å². The summed E-state index contributed by atoms with van der Waals surface area (Å²) >= 11 is 0. The zero-order chi connectivity index (χ0) is 29.9. The minimum atomic E-state index is -0.511. The van der Waals surface area contributed by atoms with E-state index in [9.17, 15) is 14.7 Å². The molecule has 1 N–H and O–H groups in total. The number of benzene rings is 3. The van der Waals surface area contributed by atoms with Gasteiger partial charge in [-0.05, 0) is 29.8 Å². The summed E-state index contributed by atoms with van der Waals surface area (Å²) in [5.41, 5.74) is 1.70. The van der Waals surface area contributed by atoms with Crippen LogP contribution in [0, 0.1) is 0 Å². The number of carbonyl (C=O) groups is 2. The van der Waals surface area contributed by atoms with Crippen LogP contribution in [0.1, 0.15) is 39.1 Å². The van der Waals surface area contributed by atoms with Gasteiger partial charge < -0.3 is 38.3 Å². The van der Waals surface area contributed by atoms with Crippen LogP contribution in [-0.2, 0) is 25.6 Å². The molecule has 0 aliphatic heterocycles. The molecule has 0 radical (unpaired) electrons. The second-order valence-corrected chi connectivity index (χ2v) is 8.56. The average molecular weight is 571 g/mol.